The first kappa shape index (κ1) is 12.6. The van der Waals surface area contributed by atoms with Gasteiger partial charge in [0, 0.05) is 38.6 Å². The highest BCUT2D eigenvalue weighted by Crippen LogP contribution is 2.22. The van der Waals surface area contributed by atoms with Crippen LogP contribution in [0.15, 0.2) is 4.99 Å². The van der Waals surface area contributed by atoms with Crippen molar-refractivity contribution in [1.29, 1.82) is 0 Å². The molecule has 1 amide bonds. The molecule has 2 aliphatic rings. The molecule has 1 unspecified atom stereocenters. The van der Waals surface area contributed by atoms with Crippen LogP contribution in [0.2, 0.25) is 0 Å². The lowest BCUT2D eigenvalue weighted by molar-refractivity contribution is -0.132. The Morgan fingerprint density at radius 1 is 1.29 bits per heavy atom. The lowest BCUT2D eigenvalue weighted by Gasteiger charge is -2.36. The Morgan fingerprint density at radius 2 is 2.00 bits per heavy atom. The van der Waals surface area contributed by atoms with Crippen LogP contribution < -0.4 is 0 Å². The van der Waals surface area contributed by atoms with Gasteiger partial charge in [0.2, 0.25) is 5.91 Å². The first-order chi connectivity index (χ1) is 8.24. The van der Waals surface area contributed by atoms with Gasteiger partial charge in [-0.2, -0.15) is 0 Å². The van der Waals surface area contributed by atoms with Gasteiger partial charge in [-0.25, -0.2) is 0 Å². The minimum Gasteiger partial charge on any atom is -0.343 e. The molecule has 4 nitrogen and oxygen atoms in total. The van der Waals surface area contributed by atoms with Crippen molar-refractivity contribution in [2.75, 3.05) is 26.2 Å². The first-order valence-electron chi connectivity index (χ1n) is 6.72. The van der Waals surface area contributed by atoms with Gasteiger partial charge in [0.1, 0.15) is 0 Å². The van der Waals surface area contributed by atoms with E-state index >= 15 is 0 Å². The lowest BCUT2D eigenvalue weighted by Crippen LogP contribution is -2.46. The van der Waals surface area contributed by atoms with E-state index in [0.29, 0.717) is 24.4 Å². The first-order valence-corrected chi connectivity index (χ1v) is 6.72. The van der Waals surface area contributed by atoms with E-state index in [1.807, 2.05) is 11.8 Å². The number of carbonyl (C=O) groups is 1. The zero-order valence-corrected chi connectivity index (χ0v) is 10.8. The number of hydrogen-bond donors (Lipinski definition) is 0. The number of amides is 1. The van der Waals surface area contributed by atoms with Crippen molar-refractivity contribution in [1.82, 2.24) is 9.80 Å². The SMILES string of the molecule is C=NC1CCN(C2CCN(C(=O)CC)CC2)C1. The predicted molar refractivity (Wildman–Crippen MR) is 69.4 cm³/mol. The Morgan fingerprint density at radius 3 is 2.53 bits per heavy atom. The van der Waals surface area contributed by atoms with Gasteiger partial charge in [-0.1, -0.05) is 6.92 Å². The van der Waals surface area contributed by atoms with Crippen molar-refractivity contribution >= 4 is 12.6 Å². The molecular formula is C13H23N3O. The van der Waals surface area contributed by atoms with Crippen LogP contribution in [-0.2, 0) is 4.79 Å². The largest absolute Gasteiger partial charge is 0.343 e. The van der Waals surface area contributed by atoms with Gasteiger partial charge in [0.15, 0.2) is 0 Å². The molecule has 1 atom stereocenters. The predicted octanol–water partition coefficient (Wildman–Crippen LogP) is 1.16. The maximum Gasteiger partial charge on any atom is 0.222 e. The van der Waals surface area contributed by atoms with E-state index in [1.54, 1.807) is 0 Å². The second-order valence-corrected chi connectivity index (χ2v) is 5.09. The molecular weight excluding hydrogens is 214 g/mol. The van der Waals surface area contributed by atoms with Gasteiger partial charge in [0.05, 0.1) is 6.04 Å². The van der Waals surface area contributed by atoms with Crippen molar-refractivity contribution in [3.63, 3.8) is 0 Å². The third-order valence-corrected chi connectivity index (χ3v) is 4.09. The zero-order chi connectivity index (χ0) is 12.3. The molecule has 0 radical (unpaired) electrons. The number of aliphatic imine (C=N–C) groups is 1. The summed E-state index contributed by atoms with van der Waals surface area (Å²) in [5, 5.41) is 0. The standard InChI is InChI=1S/C13H23N3O/c1-3-13(17)15-8-5-12(6-9-15)16-7-4-11(10-16)14-2/h11-12H,2-10H2,1H3. The molecule has 2 heterocycles. The fourth-order valence-electron chi connectivity index (χ4n) is 2.95. The minimum atomic E-state index is 0.301. The van der Waals surface area contributed by atoms with Crippen LogP contribution >= 0.6 is 0 Å². The molecule has 0 spiro atoms. The van der Waals surface area contributed by atoms with Crippen LogP contribution in [0.4, 0.5) is 0 Å². The number of likely N-dealkylation sites (tertiary alicyclic amines) is 2. The molecule has 0 saturated carbocycles. The second-order valence-electron chi connectivity index (χ2n) is 5.09. The van der Waals surface area contributed by atoms with Crippen LogP contribution in [0.25, 0.3) is 0 Å². The normalized spacial score (nSPS) is 27.4. The van der Waals surface area contributed by atoms with Crippen molar-refractivity contribution < 1.29 is 4.79 Å². The number of piperidine rings is 1. The number of hydrogen-bond acceptors (Lipinski definition) is 3. The van der Waals surface area contributed by atoms with E-state index in [0.717, 1.165) is 45.4 Å². The molecule has 2 rings (SSSR count). The highest BCUT2D eigenvalue weighted by molar-refractivity contribution is 5.75. The third kappa shape index (κ3) is 2.86. The van der Waals surface area contributed by atoms with Gasteiger partial charge in [-0.05, 0) is 26.0 Å². The van der Waals surface area contributed by atoms with Gasteiger partial charge < -0.3 is 4.90 Å². The van der Waals surface area contributed by atoms with Crippen LogP contribution in [0, 0.1) is 0 Å². The van der Waals surface area contributed by atoms with Gasteiger partial charge in [0.25, 0.3) is 0 Å². The highest BCUT2D eigenvalue weighted by Gasteiger charge is 2.30. The Kier molecular flexibility index (Phi) is 4.15. The Balaban J connectivity index is 1.79. The van der Waals surface area contributed by atoms with Gasteiger partial charge in [-0.15, -0.1) is 0 Å². The van der Waals surface area contributed by atoms with Gasteiger partial charge in [-0.3, -0.25) is 14.7 Å². The molecule has 0 aliphatic carbocycles. The minimum absolute atomic E-state index is 0.301. The Bertz CT molecular complexity index is 284. The average molecular weight is 237 g/mol. The van der Waals surface area contributed by atoms with Crippen LogP contribution in [0.1, 0.15) is 32.6 Å². The quantitative estimate of drug-likeness (QED) is 0.691. The van der Waals surface area contributed by atoms with E-state index in [2.05, 4.69) is 16.6 Å². The van der Waals surface area contributed by atoms with E-state index in [9.17, 15) is 4.79 Å². The van der Waals surface area contributed by atoms with Crippen molar-refractivity contribution in [3.8, 4) is 0 Å². The summed E-state index contributed by atoms with van der Waals surface area (Å²) < 4.78 is 0. The summed E-state index contributed by atoms with van der Waals surface area (Å²) in [6.45, 7) is 9.65. The number of carbonyl (C=O) groups excluding carboxylic acids is 1. The molecule has 0 aromatic heterocycles. The van der Waals surface area contributed by atoms with Crippen molar-refractivity contribution in [2.24, 2.45) is 4.99 Å². The van der Waals surface area contributed by atoms with Gasteiger partial charge >= 0.3 is 0 Å². The summed E-state index contributed by atoms with van der Waals surface area (Å²) in [6, 6.07) is 1.09. The monoisotopic (exact) mass is 237 g/mol. The van der Waals surface area contributed by atoms with E-state index in [-0.39, 0.29) is 0 Å². The van der Waals surface area contributed by atoms with E-state index < -0.39 is 0 Å². The molecule has 4 heteroatoms. The summed E-state index contributed by atoms with van der Waals surface area (Å²) in [5.41, 5.74) is 0. The second kappa shape index (κ2) is 5.63. The summed E-state index contributed by atoms with van der Waals surface area (Å²) in [4.78, 5) is 20.3. The van der Waals surface area contributed by atoms with E-state index in [1.165, 1.54) is 0 Å². The fourth-order valence-corrected chi connectivity index (χ4v) is 2.95. The van der Waals surface area contributed by atoms with Crippen molar-refractivity contribution in [3.05, 3.63) is 0 Å². The van der Waals surface area contributed by atoms with E-state index in [4.69, 9.17) is 0 Å². The summed E-state index contributed by atoms with van der Waals surface area (Å²) in [7, 11) is 0. The maximum absolute atomic E-state index is 11.6. The molecule has 0 aromatic rings. The molecule has 0 aromatic carbocycles. The smallest absolute Gasteiger partial charge is 0.222 e. The molecule has 17 heavy (non-hydrogen) atoms. The third-order valence-electron chi connectivity index (χ3n) is 4.09. The number of nitrogens with zero attached hydrogens (tertiary/aromatic N) is 3. The number of rotatable bonds is 3. The molecule has 96 valence electrons. The lowest BCUT2D eigenvalue weighted by atomic mass is 10.0. The Hall–Kier alpha value is -0.900. The average Bonchev–Trinajstić information content (AvgIpc) is 2.87. The molecule has 2 saturated heterocycles. The topological polar surface area (TPSA) is 35.9 Å². The van der Waals surface area contributed by atoms with Crippen molar-refractivity contribution in [2.45, 2.75) is 44.7 Å². The Labute approximate surface area is 104 Å². The molecule has 2 aliphatic heterocycles. The molecule has 2 fully saturated rings. The molecule has 0 bridgehead atoms. The summed E-state index contributed by atoms with van der Waals surface area (Å²) in [6.07, 6.45) is 4.03. The van der Waals surface area contributed by atoms with Crippen LogP contribution in [0.3, 0.4) is 0 Å². The fraction of sp³-hybridized carbons (Fsp3) is 0.846. The van der Waals surface area contributed by atoms with Crippen LogP contribution in [-0.4, -0.2) is 60.7 Å². The summed E-state index contributed by atoms with van der Waals surface area (Å²) in [5.74, 6) is 0.301. The van der Waals surface area contributed by atoms with Crippen LogP contribution in [0.5, 0.6) is 0 Å². The summed E-state index contributed by atoms with van der Waals surface area (Å²) >= 11 is 0. The highest BCUT2D eigenvalue weighted by atomic mass is 16.2. The maximum atomic E-state index is 11.6. The zero-order valence-electron chi connectivity index (χ0n) is 10.8. The molecule has 0 N–H and O–H groups in total.